The first kappa shape index (κ1) is 20.0. The lowest BCUT2D eigenvalue weighted by molar-refractivity contribution is 0.388. The summed E-state index contributed by atoms with van der Waals surface area (Å²) >= 11 is 0. The van der Waals surface area contributed by atoms with Gasteiger partial charge in [0.1, 0.15) is 5.76 Å². The van der Waals surface area contributed by atoms with Gasteiger partial charge in [0, 0.05) is 37.9 Å². The molecule has 0 bridgehead atoms. The molecule has 2 aromatic carbocycles. The molecule has 5 heteroatoms. The van der Waals surface area contributed by atoms with Gasteiger partial charge in [-0.3, -0.25) is 0 Å². The van der Waals surface area contributed by atoms with Gasteiger partial charge in [0.25, 0.3) is 0 Å². The van der Waals surface area contributed by atoms with Crippen molar-refractivity contribution in [3.8, 4) is 0 Å². The van der Waals surface area contributed by atoms with Gasteiger partial charge in [-0.2, -0.15) is 0 Å². The fourth-order valence-electron chi connectivity index (χ4n) is 2.85. The SMILES string of the molecule is CCN(Cc1ccccc1)c1ccc(CNCc2cc(C)on2)cc1.Cl. The molecule has 1 aromatic heterocycles. The first-order valence-corrected chi connectivity index (χ1v) is 8.75. The molecule has 0 aliphatic rings. The molecule has 0 aliphatic carbocycles. The average molecular weight is 372 g/mol. The minimum absolute atomic E-state index is 0. The van der Waals surface area contributed by atoms with Gasteiger partial charge in [-0.1, -0.05) is 47.6 Å². The van der Waals surface area contributed by atoms with E-state index < -0.39 is 0 Å². The van der Waals surface area contributed by atoms with Gasteiger partial charge in [-0.05, 0) is 37.1 Å². The molecular weight excluding hydrogens is 346 g/mol. The molecule has 0 aliphatic heterocycles. The third-order valence-corrected chi connectivity index (χ3v) is 4.21. The summed E-state index contributed by atoms with van der Waals surface area (Å²) in [5, 5.41) is 7.39. The largest absolute Gasteiger partial charge is 0.367 e. The molecule has 0 atom stereocenters. The van der Waals surface area contributed by atoms with E-state index in [0.717, 1.165) is 31.1 Å². The molecule has 3 rings (SSSR count). The molecule has 26 heavy (non-hydrogen) atoms. The summed E-state index contributed by atoms with van der Waals surface area (Å²) in [5.74, 6) is 0.847. The maximum Gasteiger partial charge on any atom is 0.133 e. The quantitative estimate of drug-likeness (QED) is 0.622. The van der Waals surface area contributed by atoms with E-state index in [0.29, 0.717) is 6.54 Å². The number of rotatable bonds is 8. The lowest BCUT2D eigenvalue weighted by Gasteiger charge is -2.23. The van der Waals surface area contributed by atoms with Gasteiger partial charge >= 0.3 is 0 Å². The summed E-state index contributed by atoms with van der Waals surface area (Å²) in [5.41, 5.74) is 4.79. The number of aromatic nitrogens is 1. The smallest absolute Gasteiger partial charge is 0.133 e. The minimum Gasteiger partial charge on any atom is -0.367 e. The van der Waals surface area contributed by atoms with Crippen LogP contribution >= 0.6 is 12.4 Å². The highest BCUT2D eigenvalue weighted by Crippen LogP contribution is 2.18. The van der Waals surface area contributed by atoms with E-state index in [1.165, 1.54) is 16.8 Å². The monoisotopic (exact) mass is 371 g/mol. The molecule has 0 radical (unpaired) electrons. The second kappa shape index (κ2) is 10.00. The van der Waals surface area contributed by atoms with Gasteiger partial charge < -0.3 is 14.7 Å². The van der Waals surface area contributed by atoms with Gasteiger partial charge in [-0.25, -0.2) is 0 Å². The molecule has 0 saturated heterocycles. The zero-order chi connectivity index (χ0) is 17.5. The van der Waals surface area contributed by atoms with Crippen molar-refractivity contribution >= 4 is 18.1 Å². The lowest BCUT2D eigenvalue weighted by atomic mass is 10.1. The van der Waals surface area contributed by atoms with E-state index in [1.807, 2.05) is 13.0 Å². The normalized spacial score (nSPS) is 10.4. The van der Waals surface area contributed by atoms with Crippen LogP contribution < -0.4 is 10.2 Å². The highest BCUT2D eigenvalue weighted by molar-refractivity contribution is 5.85. The van der Waals surface area contributed by atoms with Crippen LogP contribution in [0, 0.1) is 6.92 Å². The number of halogens is 1. The lowest BCUT2D eigenvalue weighted by Crippen LogP contribution is -2.22. The summed E-state index contributed by atoms with van der Waals surface area (Å²) in [6.07, 6.45) is 0. The van der Waals surface area contributed by atoms with Gasteiger partial charge in [0.2, 0.25) is 0 Å². The molecule has 0 unspecified atom stereocenters. The van der Waals surface area contributed by atoms with Crippen molar-refractivity contribution in [3.63, 3.8) is 0 Å². The van der Waals surface area contributed by atoms with Crippen LogP contribution in [0.15, 0.2) is 65.2 Å². The number of nitrogens with one attached hydrogen (secondary N) is 1. The number of benzene rings is 2. The highest BCUT2D eigenvalue weighted by atomic mass is 35.5. The zero-order valence-corrected chi connectivity index (χ0v) is 16.1. The number of nitrogens with zero attached hydrogens (tertiary/aromatic N) is 2. The summed E-state index contributed by atoms with van der Waals surface area (Å²) < 4.78 is 5.07. The Morgan fingerprint density at radius 2 is 1.69 bits per heavy atom. The summed E-state index contributed by atoms with van der Waals surface area (Å²) in [6.45, 7) is 7.55. The fraction of sp³-hybridized carbons (Fsp3) is 0.286. The number of hydrogen-bond acceptors (Lipinski definition) is 4. The molecule has 138 valence electrons. The van der Waals surface area contributed by atoms with Gasteiger partial charge in [0.05, 0.1) is 5.69 Å². The van der Waals surface area contributed by atoms with Gasteiger partial charge in [0.15, 0.2) is 0 Å². The van der Waals surface area contributed by atoms with Crippen LogP contribution in [0.5, 0.6) is 0 Å². The summed E-state index contributed by atoms with van der Waals surface area (Å²) in [6, 6.07) is 21.3. The first-order chi connectivity index (χ1) is 12.2. The van der Waals surface area contributed by atoms with E-state index in [4.69, 9.17) is 4.52 Å². The van der Waals surface area contributed by atoms with Crippen LogP contribution in [-0.4, -0.2) is 11.7 Å². The molecule has 3 aromatic rings. The maximum atomic E-state index is 5.07. The third-order valence-electron chi connectivity index (χ3n) is 4.21. The van der Waals surface area contributed by atoms with Crippen molar-refractivity contribution < 1.29 is 4.52 Å². The van der Waals surface area contributed by atoms with Crippen molar-refractivity contribution in [1.29, 1.82) is 0 Å². The van der Waals surface area contributed by atoms with Crippen LogP contribution in [0.3, 0.4) is 0 Å². The van der Waals surface area contributed by atoms with Crippen molar-refractivity contribution in [2.45, 2.75) is 33.5 Å². The minimum atomic E-state index is 0. The molecule has 0 amide bonds. The molecule has 0 spiro atoms. The van der Waals surface area contributed by atoms with Gasteiger partial charge in [-0.15, -0.1) is 12.4 Å². The molecule has 1 N–H and O–H groups in total. The van der Waals surface area contributed by atoms with Crippen LogP contribution in [0.25, 0.3) is 0 Å². The van der Waals surface area contributed by atoms with Crippen LogP contribution in [0.1, 0.15) is 29.5 Å². The number of anilines is 1. The van der Waals surface area contributed by atoms with Crippen LogP contribution in [-0.2, 0) is 19.6 Å². The van der Waals surface area contributed by atoms with Crippen molar-refractivity contribution in [3.05, 3.63) is 83.2 Å². The Balaban J connectivity index is 0.00000243. The zero-order valence-electron chi connectivity index (χ0n) is 15.3. The van der Waals surface area contributed by atoms with Crippen molar-refractivity contribution in [2.75, 3.05) is 11.4 Å². The van der Waals surface area contributed by atoms with Crippen LogP contribution in [0.2, 0.25) is 0 Å². The molecule has 1 heterocycles. The van der Waals surface area contributed by atoms with E-state index in [-0.39, 0.29) is 12.4 Å². The summed E-state index contributed by atoms with van der Waals surface area (Å²) in [4.78, 5) is 2.38. The van der Waals surface area contributed by atoms with Crippen molar-refractivity contribution in [2.24, 2.45) is 0 Å². The van der Waals surface area contributed by atoms with E-state index in [9.17, 15) is 0 Å². The standard InChI is InChI=1S/C21H25N3O.ClH/c1-3-24(16-19-7-5-4-6-8-19)21-11-9-18(10-12-21)14-22-15-20-13-17(2)25-23-20;/h4-13,22H,3,14-16H2,1-2H3;1H. The summed E-state index contributed by atoms with van der Waals surface area (Å²) in [7, 11) is 0. The number of hydrogen-bond donors (Lipinski definition) is 1. The molecule has 4 nitrogen and oxygen atoms in total. The van der Waals surface area contributed by atoms with E-state index in [1.54, 1.807) is 0 Å². The predicted octanol–water partition coefficient (Wildman–Crippen LogP) is 4.72. The van der Waals surface area contributed by atoms with E-state index >= 15 is 0 Å². The molecular formula is C21H26ClN3O. The molecule has 0 fully saturated rings. The Labute approximate surface area is 161 Å². The highest BCUT2D eigenvalue weighted by Gasteiger charge is 2.05. The third kappa shape index (κ3) is 5.61. The van der Waals surface area contributed by atoms with Crippen LogP contribution in [0.4, 0.5) is 5.69 Å². The molecule has 0 saturated carbocycles. The van der Waals surface area contributed by atoms with Crippen molar-refractivity contribution in [1.82, 2.24) is 10.5 Å². The second-order valence-electron chi connectivity index (χ2n) is 6.20. The predicted molar refractivity (Wildman–Crippen MR) is 109 cm³/mol. The Bertz CT molecular complexity index is 771. The topological polar surface area (TPSA) is 41.3 Å². The Morgan fingerprint density at radius 3 is 2.31 bits per heavy atom. The second-order valence-corrected chi connectivity index (χ2v) is 6.20. The Kier molecular flexibility index (Phi) is 7.70. The maximum absolute atomic E-state index is 5.07. The number of aryl methyl sites for hydroxylation is 1. The first-order valence-electron chi connectivity index (χ1n) is 8.75. The van der Waals surface area contributed by atoms with E-state index in [2.05, 4.69) is 76.9 Å². The fourth-order valence-corrected chi connectivity index (χ4v) is 2.85. The Hall–Kier alpha value is -2.30. The Morgan fingerprint density at radius 1 is 0.962 bits per heavy atom. The average Bonchev–Trinajstić information content (AvgIpc) is 3.06.